The summed E-state index contributed by atoms with van der Waals surface area (Å²) >= 11 is 3.30. The molecule has 0 bridgehead atoms. The first-order valence-corrected chi connectivity index (χ1v) is 6.55. The Morgan fingerprint density at radius 1 is 1.50 bits per heavy atom. The minimum absolute atomic E-state index is 0. The van der Waals surface area contributed by atoms with Gasteiger partial charge < -0.3 is 10.6 Å². The van der Waals surface area contributed by atoms with Crippen LogP contribution in [0.1, 0.15) is 25.3 Å². The van der Waals surface area contributed by atoms with Crippen LogP contribution in [0.3, 0.4) is 0 Å². The highest BCUT2D eigenvalue weighted by molar-refractivity contribution is 9.10. The van der Waals surface area contributed by atoms with Crippen molar-refractivity contribution >= 4 is 40.1 Å². The molecule has 6 heteroatoms. The Morgan fingerprint density at radius 3 is 2.83 bits per heavy atom. The fourth-order valence-electron chi connectivity index (χ4n) is 1.97. The average molecular weight is 335 g/mol. The van der Waals surface area contributed by atoms with Gasteiger partial charge >= 0.3 is 0 Å². The highest BCUT2D eigenvalue weighted by Gasteiger charge is 2.26. The molecule has 1 amide bonds. The van der Waals surface area contributed by atoms with E-state index in [9.17, 15) is 4.79 Å². The van der Waals surface area contributed by atoms with Gasteiger partial charge in [-0.15, -0.1) is 12.4 Å². The quantitative estimate of drug-likeness (QED) is 0.818. The topological polar surface area (TPSA) is 54.0 Å². The van der Waals surface area contributed by atoms with E-state index in [0.29, 0.717) is 11.9 Å². The maximum atomic E-state index is 12.0. The fraction of sp³-hybridized carbons (Fsp3) is 0.500. The normalized spacial score (nSPS) is 22.4. The molecule has 100 valence electrons. The second kappa shape index (κ2) is 6.50. The Balaban J connectivity index is 0.00000162. The number of anilines is 1. The van der Waals surface area contributed by atoms with E-state index in [2.05, 4.69) is 38.5 Å². The van der Waals surface area contributed by atoms with Crippen molar-refractivity contribution in [3.05, 3.63) is 22.3 Å². The van der Waals surface area contributed by atoms with Crippen LogP contribution in [0.15, 0.2) is 16.7 Å². The highest BCUT2D eigenvalue weighted by atomic mass is 79.9. The van der Waals surface area contributed by atoms with Gasteiger partial charge in [0, 0.05) is 6.04 Å². The lowest BCUT2D eigenvalue weighted by Gasteiger charge is -2.13. The number of carbonyl (C=O) groups excluding carboxylic acids is 1. The van der Waals surface area contributed by atoms with E-state index < -0.39 is 0 Å². The van der Waals surface area contributed by atoms with Crippen LogP contribution in [0, 0.1) is 6.92 Å². The Bertz CT molecular complexity index is 441. The van der Waals surface area contributed by atoms with Crippen LogP contribution in [0.5, 0.6) is 0 Å². The van der Waals surface area contributed by atoms with Crippen LogP contribution in [-0.2, 0) is 4.79 Å². The van der Waals surface area contributed by atoms with Crippen LogP contribution in [-0.4, -0.2) is 23.0 Å². The Labute approximate surface area is 121 Å². The molecule has 2 heterocycles. The highest BCUT2D eigenvalue weighted by Crippen LogP contribution is 2.18. The van der Waals surface area contributed by atoms with Gasteiger partial charge in [0.2, 0.25) is 5.91 Å². The number of aromatic nitrogens is 1. The Kier molecular flexibility index (Phi) is 5.56. The first-order valence-electron chi connectivity index (χ1n) is 5.76. The van der Waals surface area contributed by atoms with Gasteiger partial charge in [0.25, 0.3) is 0 Å². The predicted octanol–water partition coefficient (Wildman–Crippen LogP) is 2.65. The minimum Gasteiger partial charge on any atom is -0.309 e. The summed E-state index contributed by atoms with van der Waals surface area (Å²) in [4.78, 5) is 16.3. The van der Waals surface area contributed by atoms with Crippen molar-refractivity contribution in [2.45, 2.75) is 38.8 Å². The molecule has 18 heavy (non-hydrogen) atoms. The molecule has 1 fully saturated rings. The molecule has 0 spiro atoms. The minimum atomic E-state index is -0.0924. The first kappa shape index (κ1) is 15.4. The molecule has 1 aromatic heterocycles. The molecule has 1 aromatic rings. The molecule has 0 aliphatic carbocycles. The monoisotopic (exact) mass is 333 g/mol. The predicted molar refractivity (Wildman–Crippen MR) is 78.2 cm³/mol. The number of carbonyl (C=O) groups is 1. The van der Waals surface area contributed by atoms with Crippen molar-refractivity contribution < 1.29 is 4.79 Å². The van der Waals surface area contributed by atoms with Crippen molar-refractivity contribution in [1.82, 2.24) is 10.3 Å². The van der Waals surface area contributed by atoms with Gasteiger partial charge in [-0.3, -0.25) is 4.79 Å². The van der Waals surface area contributed by atoms with E-state index in [4.69, 9.17) is 0 Å². The Morgan fingerprint density at radius 2 is 2.22 bits per heavy atom. The largest absolute Gasteiger partial charge is 0.309 e. The SMILES string of the molecule is Cc1ccc(Br)nc1NC(=O)[C@@H]1CC[C@@H](C)N1.Cl. The van der Waals surface area contributed by atoms with Crippen molar-refractivity contribution in [3.63, 3.8) is 0 Å². The zero-order valence-electron chi connectivity index (χ0n) is 10.4. The molecule has 0 saturated carbocycles. The van der Waals surface area contributed by atoms with E-state index in [1.165, 1.54) is 0 Å². The molecule has 4 nitrogen and oxygen atoms in total. The summed E-state index contributed by atoms with van der Waals surface area (Å²) in [6, 6.07) is 4.12. The zero-order valence-corrected chi connectivity index (χ0v) is 12.8. The van der Waals surface area contributed by atoms with E-state index in [-0.39, 0.29) is 24.4 Å². The van der Waals surface area contributed by atoms with Crippen LogP contribution >= 0.6 is 28.3 Å². The maximum absolute atomic E-state index is 12.0. The lowest BCUT2D eigenvalue weighted by Crippen LogP contribution is -2.38. The number of hydrogen-bond acceptors (Lipinski definition) is 3. The number of pyridine rings is 1. The number of nitrogens with one attached hydrogen (secondary N) is 2. The number of nitrogens with zero attached hydrogens (tertiary/aromatic N) is 1. The standard InChI is InChI=1S/C12H16BrN3O.ClH/c1-7-3-6-10(13)15-11(7)16-12(17)9-5-4-8(2)14-9;/h3,6,8-9,14H,4-5H2,1-2H3,(H,15,16,17);1H/t8-,9+;/m1./s1. The fourth-order valence-corrected chi connectivity index (χ4v) is 2.28. The molecule has 0 unspecified atom stereocenters. The molecule has 0 radical (unpaired) electrons. The lowest BCUT2D eigenvalue weighted by molar-refractivity contribution is -0.117. The van der Waals surface area contributed by atoms with Crippen LogP contribution in [0.4, 0.5) is 5.82 Å². The van der Waals surface area contributed by atoms with Crippen molar-refractivity contribution in [2.75, 3.05) is 5.32 Å². The number of aryl methyl sites for hydroxylation is 1. The molecule has 1 aliphatic rings. The van der Waals surface area contributed by atoms with Gasteiger partial charge in [0.15, 0.2) is 0 Å². The molecule has 2 N–H and O–H groups in total. The van der Waals surface area contributed by atoms with Crippen molar-refractivity contribution in [3.8, 4) is 0 Å². The summed E-state index contributed by atoms with van der Waals surface area (Å²) in [5.41, 5.74) is 0.965. The van der Waals surface area contributed by atoms with Crippen LogP contribution in [0.25, 0.3) is 0 Å². The summed E-state index contributed by atoms with van der Waals surface area (Å²) in [5, 5.41) is 6.13. The number of halogens is 2. The second-order valence-corrected chi connectivity index (χ2v) is 5.30. The molecule has 2 rings (SSSR count). The summed E-state index contributed by atoms with van der Waals surface area (Å²) in [6.07, 6.45) is 1.93. The van der Waals surface area contributed by atoms with Gasteiger partial charge in [0.1, 0.15) is 10.4 Å². The van der Waals surface area contributed by atoms with Crippen LogP contribution in [0.2, 0.25) is 0 Å². The zero-order chi connectivity index (χ0) is 12.4. The molecule has 1 saturated heterocycles. The smallest absolute Gasteiger partial charge is 0.242 e. The van der Waals surface area contributed by atoms with Gasteiger partial charge in [-0.05, 0) is 54.2 Å². The van der Waals surface area contributed by atoms with Crippen molar-refractivity contribution in [2.24, 2.45) is 0 Å². The van der Waals surface area contributed by atoms with Gasteiger partial charge in [-0.25, -0.2) is 4.98 Å². The second-order valence-electron chi connectivity index (χ2n) is 4.49. The summed E-state index contributed by atoms with van der Waals surface area (Å²) < 4.78 is 0.728. The number of hydrogen-bond donors (Lipinski definition) is 2. The van der Waals surface area contributed by atoms with Gasteiger partial charge in [0.05, 0.1) is 6.04 Å². The third-order valence-corrected chi connectivity index (χ3v) is 3.44. The van der Waals surface area contributed by atoms with E-state index in [1.54, 1.807) is 0 Å². The third kappa shape index (κ3) is 3.67. The molecular formula is C12H17BrClN3O. The number of rotatable bonds is 2. The van der Waals surface area contributed by atoms with E-state index >= 15 is 0 Å². The molecule has 0 aromatic carbocycles. The van der Waals surface area contributed by atoms with Gasteiger partial charge in [-0.2, -0.15) is 0 Å². The summed E-state index contributed by atoms with van der Waals surface area (Å²) in [5.74, 6) is 0.633. The third-order valence-electron chi connectivity index (χ3n) is 3.00. The summed E-state index contributed by atoms with van der Waals surface area (Å²) in [7, 11) is 0. The van der Waals surface area contributed by atoms with E-state index in [1.807, 2.05) is 19.1 Å². The lowest BCUT2D eigenvalue weighted by atomic mass is 10.2. The Hall–Kier alpha value is -0.650. The molecule has 2 atom stereocenters. The van der Waals surface area contributed by atoms with Crippen molar-refractivity contribution in [1.29, 1.82) is 0 Å². The maximum Gasteiger partial charge on any atom is 0.242 e. The molecule has 1 aliphatic heterocycles. The first-order chi connectivity index (χ1) is 8.06. The number of amides is 1. The summed E-state index contributed by atoms with van der Waals surface area (Å²) in [6.45, 7) is 4.02. The average Bonchev–Trinajstić information content (AvgIpc) is 2.70. The van der Waals surface area contributed by atoms with Crippen LogP contribution < -0.4 is 10.6 Å². The molecular weight excluding hydrogens is 318 g/mol. The van der Waals surface area contributed by atoms with E-state index in [0.717, 1.165) is 23.0 Å². The van der Waals surface area contributed by atoms with Gasteiger partial charge in [-0.1, -0.05) is 6.07 Å².